The minimum absolute atomic E-state index is 0.0459. The number of carboxylic acids is 1. The number of hydrogen-bond donors (Lipinski definition) is 2. The van der Waals surface area contributed by atoms with Crippen molar-refractivity contribution in [2.24, 2.45) is 5.92 Å². The van der Waals surface area contributed by atoms with Gasteiger partial charge in [-0.1, -0.05) is 13.0 Å². The topological polar surface area (TPSA) is 57.5 Å². The number of phenolic OH excluding ortho intramolecular Hbond substituents is 1. The van der Waals surface area contributed by atoms with Crippen LogP contribution in [0, 0.1) is 5.92 Å². The summed E-state index contributed by atoms with van der Waals surface area (Å²) in [5, 5.41) is 18.4. The van der Waals surface area contributed by atoms with Crippen LogP contribution in [0.4, 0.5) is 0 Å². The minimum Gasteiger partial charge on any atom is -0.508 e. The maximum atomic E-state index is 10.9. The first-order valence-corrected chi connectivity index (χ1v) is 5.14. The van der Waals surface area contributed by atoms with E-state index < -0.39 is 5.97 Å². The van der Waals surface area contributed by atoms with E-state index in [4.69, 9.17) is 5.11 Å². The van der Waals surface area contributed by atoms with Crippen LogP contribution < -0.4 is 0 Å². The molecule has 2 atom stereocenters. The van der Waals surface area contributed by atoms with Gasteiger partial charge >= 0.3 is 5.97 Å². The van der Waals surface area contributed by atoms with Gasteiger partial charge in [0.05, 0.1) is 5.92 Å². The van der Waals surface area contributed by atoms with Crippen LogP contribution in [-0.2, 0) is 11.2 Å². The van der Waals surface area contributed by atoms with E-state index in [9.17, 15) is 9.90 Å². The summed E-state index contributed by atoms with van der Waals surface area (Å²) < 4.78 is 0. The number of hydrogen-bond acceptors (Lipinski definition) is 2. The molecule has 1 aromatic carbocycles. The molecule has 2 N–H and O–H groups in total. The molecule has 0 radical (unpaired) electrons. The van der Waals surface area contributed by atoms with Crippen LogP contribution in [0.1, 0.15) is 30.4 Å². The van der Waals surface area contributed by atoms with Crippen molar-refractivity contribution < 1.29 is 15.0 Å². The van der Waals surface area contributed by atoms with Crippen molar-refractivity contribution >= 4 is 5.97 Å². The average Bonchev–Trinajstić information content (AvgIpc) is 2.59. The van der Waals surface area contributed by atoms with E-state index in [0.29, 0.717) is 0 Å². The molecule has 0 amide bonds. The fraction of sp³-hybridized carbons (Fsp3) is 0.417. The number of rotatable bonds is 2. The number of benzene rings is 1. The fourth-order valence-electron chi connectivity index (χ4n) is 2.31. The minimum atomic E-state index is -0.767. The zero-order chi connectivity index (χ0) is 11.0. The van der Waals surface area contributed by atoms with Crippen LogP contribution in [0.15, 0.2) is 18.2 Å². The van der Waals surface area contributed by atoms with Gasteiger partial charge in [-0.05, 0) is 42.0 Å². The van der Waals surface area contributed by atoms with Gasteiger partial charge in [-0.25, -0.2) is 0 Å². The monoisotopic (exact) mass is 206 g/mol. The van der Waals surface area contributed by atoms with Crippen LogP contribution >= 0.6 is 0 Å². The lowest BCUT2D eigenvalue weighted by molar-refractivity contribution is -0.141. The van der Waals surface area contributed by atoms with E-state index in [-0.39, 0.29) is 17.6 Å². The number of aliphatic carboxylic acids is 1. The van der Waals surface area contributed by atoms with Gasteiger partial charge in [-0.2, -0.15) is 0 Å². The maximum Gasteiger partial charge on any atom is 0.306 e. The second-order valence-electron chi connectivity index (χ2n) is 4.16. The lowest BCUT2D eigenvalue weighted by Gasteiger charge is -2.16. The Morgan fingerprint density at radius 3 is 2.93 bits per heavy atom. The molecule has 0 aromatic heterocycles. The quantitative estimate of drug-likeness (QED) is 0.779. The Balaban J connectivity index is 2.35. The summed E-state index contributed by atoms with van der Waals surface area (Å²) in [5.41, 5.74) is 2.18. The van der Waals surface area contributed by atoms with Gasteiger partial charge in [-0.3, -0.25) is 4.79 Å². The van der Waals surface area contributed by atoms with Crippen LogP contribution in [0.3, 0.4) is 0 Å². The Labute approximate surface area is 88.4 Å². The van der Waals surface area contributed by atoms with Crippen LogP contribution in [0.25, 0.3) is 0 Å². The Kier molecular flexibility index (Phi) is 2.39. The lowest BCUT2D eigenvalue weighted by atomic mass is 9.89. The second kappa shape index (κ2) is 3.57. The third-order valence-corrected chi connectivity index (χ3v) is 3.25. The van der Waals surface area contributed by atoms with Crippen LogP contribution in [0.2, 0.25) is 0 Å². The number of phenols is 1. The largest absolute Gasteiger partial charge is 0.508 e. The number of carboxylic acid groups (broad SMARTS) is 1. The van der Waals surface area contributed by atoms with Gasteiger partial charge in [0.2, 0.25) is 0 Å². The molecule has 1 aromatic rings. The molecule has 80 valence electrons. The van der Waals surface area contributed by atoms with E-state index in [1.54, 1.807) is 19.1 Å². The molecule has 15 heavy (non-hydrogen) atoms. The van der Waals surface area contributed by atoms with Gasteiger partial charge in [0.15, 0.2) is 0 Å². The van der Waals surface area contributed by atoms with Gasteiger partial charge in [-0.15, -0.1) is 0 Å². The first-order valence-electron chi connectivity index (χ1n) is 5.14. The Morgan fingerprint density at radius 1 is 1.53 bits per heavy atom. The van der Waals surface area contributed by atoms with Crippen molar-refractivity contribution in [2.75, 3.05) is 0 Å². The highest BCUT2D eigenvalue weighted by Gasteiger charge is 2.31. The summed E-state index contributed by atoms with van der Waals surface area (Å²) in [7, 11) is 0. The van der Waals surface area contributed by atoms with E-state index >= 15 is 0 Å². The van der Waals surface area contributed by atoms with Crippen molar-refractivity contribution in [2.45, 2.75) is 25.7 Å². The highest BCUT2D eigenvalue weighted by atomic mass is 16.4. The van der Waals surface area contributed by atoms with Crippen molar-refractivity contribution in [3.63, 3.8) is 0 Å². The van der Waals surface area contributed by atoms with Gasteiger partial charge in [0.25, 0.3) is 0 Å². The number of aromatic hydroxyl groups is 1. The molecule has 1 aliphatic rings. The molecule has 0 aliphatic heterocycles. The molecule has 3 heteroatoms. The molecule has 1 unspecified atom stereocenters. The zero-order valence-electron chi connectivity index (χ0n) is 8.60. The molecule has 0 heterocycles. The molecule has 0 saturated carbocycles. The number of carbonyl (C=O) groups is 1. The average molecular weight is 206 g/mol. The zero-order valence-corrected chi connectivity index (χ0v) is 8.60. The molecule has 1 aliphatic carbocycles. The highest BCUT2D eigenvalue weighted by Crippen LogP contribution is 2.39. The maximum absolute atomic E-state index is 10.9. The molecule has 2 rings (SSSR count). The normalized spacial score (nSPS) is 21.0. The van der Waals surface area contributed by atoms with Crippen molar-refractivity contribution in [1.82, 2.24) is 0 Å². The van der Waals surface area contributed by atoms with Crippen LogP contribution in [0.5, 0.6) is 5.75 Å². The predicted octanol–water partition coefficient (Wildman–Crippen LogP) is 2.14. The van der Waals surface area contributed by atoms with Crippen molar-refractivity contribution in [3.8, 4) is 5.75 Å². The van der Waals surface area contributed by atoms with Gasteiger partial charge in [0, 0.05) is 0 Å². The van der Waals surface area contributed by atoms with Crippen molar-refractivity contribution in [3.05, 3.63) is 29.3 Å². The molecule has 0 fully saturated rings. The van der Waals surface area contributed by atoms with Crippen molar-refractivity contribution in [1.29, 1.82) is 0 Å². The Bertz CT molecular complexity index is 398. The summed E-state index contributed by atoms with van der Waals surface area (Å²) >= 11 is 0. The first-order chi connectivity index (χ1) is 7.09. The molecular weight excluding hydrogens is 192 g/mol. The number of fused-ring (bicyclic) bond motifs is 1. The third kappa shape index (κ3) is 1.69. The second-order valence-corrected chi connectivity index (χ2v) is 4.16. The lowest BCUT2D eigenvalue weighted by Crippen LogP contribution is -2.17. The third-order valence-electron chi connectivity index (χ3n) is 3.25. The van der Waals surface area contributed by atoms with Gasteiger partial charge in [0.1, 0.15) is 5.75 Å². The summed E-state index contributed by atoms with van der Waals surface area (Å²) in [6.07, 6.45) is 1.78. The standard InChI is InChI=1S/C12H14O3/c1-7(12(14)15)10-5-3-8-2-4-9(13)6-11(8)10/h2,4,6-7,10,13H,3,5H2,1H3,(H,14,15)/t7?,10-/m1/s1. The highest BCUT2D eigenvalue weighted by molar-refractivity contribution is 5.71. The smallest absolute Gasteiger partial charge is 0.306 e. The Hall–Kier alpha value is -1.51. The van der Waals surface area contributed by atoms with E-state index in [2.05, 4.69) is 0 Å². The molecule has 3 nitrogen and oxygen atoms in total. The summed E-state index contributed by atoms with van der Waals surface area (Å²) in [4.78, 5) is 10.9. The van der Waals surface area contributed by atoms with Crippen LogP contribution in [-0.4, -0.2) is 16.2 Å². The van der Waals surface area contributed by atoms with E-state index in [1.165, 1.54) is 5.56 Å². The first kappa shape index (κ1) is 10.0. The molecule has 0 saturated heterocycles. The molecular formula is C12H14O3. The van der Waals surface area contributed by atoms with E-state index in [1.807, 2.05) is 6.07 Å². The Morgan fingerprint density at radius 2 is 2.27 bits per heavy atom. The SMILES string of the molecule is CC(C(=O)O)[C@H]1CCc2ccc(O)cc21. The van der Waals surface area contributed by atoms with E-state index in [0.717, 1.165) is 18.4 Å². The summed E-state index contributed by atoms with van der Waals surface area (Å²) in [6.45, 7) is 1.73. The fourth-order valence-corrected chi connectivity index (χ4v) is 2.31. The predicted molar refractivity (Wildman–Crippen MR) is 56.0 cm³/mol. The molecule has 0 bridgehead atoms. The van der Waals surface area contributed by atoms with Gasteiger partial charge < -0.3 is 10.2 Å². The summed E-state index contributed by atoms with van der Waals surface area (Å²) in [5.74, 6) is -0.882. The number of aryl methyl sites for hydroxylation is 1. The summed E-state index contributed by atoms with van der Waals surface area (Å²) in [6, 6.07) is 5.25. The molecule has 0 spiro atoms.